The summed E-state index contributed by atoms with van der Waals surface area (Å²) < 4.78 is 31.7. The van der Waals surface area contributed by atoms with Crippen molar-refractivity contribution in [3.63, 3.8) is 0 Å². The van der Waals surface area contributed by atoms with Gasteiger partial charge in [-0.1, -0.05) is 6.07 Å². The Morgan fingerprint density at radius 2 is 1.70 bits per heavy atom. The highest BCUT2D eigenvalue weighted by atomic mass is 32.2. The molecule has 3 aromatic rings. The normalized spacial score (nSPS) is 11.0. The maximum absolute atomic E-state index is 12.6. The molecular weight excluding hydrogens is 384 g/mol. The Morgan fingerprint density at radius 1 is 1.04 bits per heavy atom. The Hall–Kier alpha value is -2.84. The van der Waals surface area contributed by atoms with Crippen LogP contribution in [-0.2, 0) is 10.0 Å². The molecule has 6 nitrogen and oxygen atoms in total. The van der Waals surface area contributed by atoms with Gasteiger partial charge in [-0.05, 0) is 60.0 Å². The maximum Gasteiger partial charge on any atom is 0.273 e. The monoisotopic (exact) mass is 402 g/mol. The molecule has 1 amide bonds. The van der Waals surface area contributed by atoms with E-state index < -0.39 is 10.0 Å². The molecule has 8 heteroatoms. The molecule has 3 rings (SSSR count). The number of hydrogen-bond donors (Lipinski definition) is 1. The fourth-order valence-corrected chi connectivity index (χ4v) is 4.74. The SMILES string of the molecule is COc1ccc(NC(=O)c2ccc(N(C)S(=O)(=O)c3cccs3)cc2)cc1. The number of nitrogens with zero attached hydrogens (tertiary/aromatic N) is 1. The van der Waals surface area contributed by atoms with Crippen molar-refractivity contribution in [1.29, 1.82) is 0 Å². The summed E-state index contributed by atoms with van der Waals surface area (Å²) in [5.41, 5.74) is 1.54. The number of carbonyl (C=O) groups excluding carboxylic acids is 1. The number of rotatable bonds is 6. The largest absolute Gasteiger partial charge is 0.497 e. The minimum absolute atomic E-state index is 0.270. The molecule has 0 aliphatic rings. The second kappa shape index (κ2) is 7.81. The number of benzene rings is 2. The van der Waals surface area contributed by atoms with Crippen LogP contribution in [0.3, 0.4) is 0 Å². The van der Waals surface area contributed by atoms with E-state index >= 15 is 0 Å². The van der Waals surface area contributed by atoms with E-state index in [1.807, 2.05) is 0 Å². The first kappa shape index (κ1) is 18.9. The van der Waals surface area contributed by atoms with Gasteiger partial charge in [0.25, 0.3) is 15.9 Å². The van der Waals surface area contributed by atoms with Crippen LogP contribution in [0.15, 0.2) is 70.3 Å². The molecule has 1 N–H and O–H groups in total. The fraction of sp³-hybridized carbons (Fsp3) is 0.105. The lowest BCUT2D eigenvalue weighted by molar-refractivity contribution is 0.102. The Bertz CT molecular complexity index is 1010. The minimum Gasteiger partial charge on any atom is -0.497 e. The highest BCUT2D eigenvalue weighted by Crippen LogP contribution is 2.25. The molecular formula is C19H18N2O4S2. The summed E-state index contributed by atoms with van der Waals surface area (Å²) in [6.45, 7) is 0. The summed E-state index contributed by atoms with van der Waals surface area (Å²) in [6, 6.07) is 16.6. The number of ether oxygens (including phenoxy) is 1. The van der Waals surface area contributed by atoms with E-state index in [9.17, 15) is 13.2 Å². The molecule has 0 spiro atoms. The van der Waals surface area contributed by atoms with Crippen LogP contribution in [-0.4, -0.2) is 28.5 Å². The second-order valence-corrected chi connectivity index (χ2v) is 8.78. The zero-order valence-electron chi connectivity index (χ0n) is 14.7. The van der Waals surface area contributed by atoms with Gasteiger partial charge in [-0.25, -0.2) is 8.42 Å². The summed E-state index contributed by atoms with van der Waals surface area (Å²) >= 11 is 1.16. The van der Waals surface area contributed by atoms with E-state index in [1.165, 1.54) is 11.4 Å². The second-order valence-electron chi connectivity index (χ2n) is 5.63. The van der Waals surface area contributed by atoms with Crippen molar-refractivity contribution in [2.75, 3.05) is 23.8 Å². The lowest BCUT2D eigenvalue weighted by Crippen LogP contribution is -2.25. The van der Waals surface area contributed by atoms with Crippen molar-refractivity contribution in [1.82, 2.24) is 0 Å². The molecule has 0 atom stereocenters. The van der Waals surface area contributed by atoms with Crippen molar-refractivity contribution < 1.29 is 17.9 Å². The Morgan fingerprint density at radius 3 is 2.26 bits per heavy atom. The average molecular weight is 402 g/mol. The Labute approximate surface area is 162 Å². The summed E-state index contributed by atoms with van der Waals surface area (Å²) in [6.07, 6.45) is 0. The predicted octanol–water partition coefficient (Wildman–Crippen LogP) is 3.83. The predicted molar refractivity (Wildman–Crippen MR) is 107 cm³/mol. The number of anilines is 2. The molecule has 1 heterocycles. The first-order valence-corrected chi connectivity index (χ1v) is 10.3. The third-order valence-corrected chi connectivity index (χ3v) is 7.11. The third-order valence-electron chi connectivity index (χ3n) is 3.95. The smallest absolute Gasteiger partial charge is 0.273 e. The highest BCUT2D eigenvalue weighted by Gasteiger charge is 2.22. The lowest BCUT2D eigenvalue weighted by Gasteiger charge is -2.18. The Balaban J connectivity index is 1.73. The van der Waals surface area contributed by atoms with Gasteiger partial charge in [0.2, 0.25) is 0 Å². The van der Waals surface area contributed by atoms with Crippen molar-refractivity contribution in [3.8, 4) is 5.75 Å². The van der Waals surface area contributed by atoms with Crippen LogP contribution in [0.4, 0.5) is 11.4 Å². The standard InChI is InChI=1S/C19H18N2O4S2/c1-21(27(23,24)18-4-3-13-26-18)16-9-5-14(6-10-16)19(22)20-15-7-11-17(25-2)12-8-15/h3-13H,1-2H3,(H,20,22). The average Bonchev–Trinajstić information content (AvgIpc) is 3.24. The van der Waals surface area contributed by atoms with Gasteiger partial charge in [0.05, 0.1) is 12.8 Å². The van der Waals surface area contributed by atoms with Gasteiger partial charge in [-0.15, -0.1) is 11.3 Å². The van der Waals surface area contributed by atoms with Crippen molar-refractivity contribution in [2.24, 2.45) is 0 Å². The van der Waals surface area contributed by atoms with Gasteiger partial charge in [0.15, 0.2) is 0 Å². The molecule has 0 radical (unpaired) electrons. The summed E-state index contributed by atoms with van der Waals surface area (Å²) in [5.74, 6) is 0.419. The first-order valence-electron chi connectivity index (χ1n) is 8.00. The third kappa shape index (κ3) is 4.12. The van der Waals surface area contributed by atoms with Crippen LogP contribution < -0.4 is 14.4 Å². The van der Waals surface area contributed by atoms with Crippen LogP contribution >= 0.6 is 11.3 Å². The van der Waals surface area contributed by atoms with Gasteiger partial charge in [0, 0.05) is 18.3 Å². The van der Waals surface area contributed by atoms with E-state index in [1.54, 1.807) is 73.2 Å². The van der Waals surface area contributed by atoms with Crippen LogP contribution in [0, 0.1) is 0 Å². The van der Waals surface area contributed by atoms with Gasteiger partial charge >= 0.3 is 0 Å². The molecule has 0 aliphatic heterocycles. The maximum atomic E-state index is 12.6. The van der Waals surface area contributed by atoms with Crippen LogP contribution in [0.2, 0.25) is 0 Å². The van der Waals surface area contributed by atoms with E-state index in [0.29, 0.717) is 22.7 Å². The zero-order chi connectivity index (χ0) is 19.4. The summed E-state index contributed by atoms with van der Waals surface area (Å²) in [7, 11) is -0.536. The van der Waals surface area contributed by atoms with Crippen molar-refractivity contribution >= 4 is 38.6 Å². The van der Waals surface area contributed by atoms with Gasteiger partial charge in [0.1, 0.15) is 9.96 Å². The Kier molecular flexibility index (Phi) is 5.48. The van der Waals surface area contributed by atoms with E-state index in [4.69, 9.17) is 4.74 Å². The van der Waals surface area contributed by atoms with Gasteiger partial charge in [-0.3, -0.25) is 9.10 Å². The number of sulfonamides is 1. The zero-order valence-corrected chi connectivity index (χ0v) is 16.4. The van der Waals surface area contributed by atoms with Gasteiger partial charge in [-0.2, -0.15) is 0 Å². The number of hydrogen-bond acceptors (Lipinski definition) is 5. The molecule has 0 saturated heterocycles. The van der Waals surface area contributed by atoms with Crippen LogP contribution in [0.5, 0.6) is 5.75 Å². The van der Waals surface area contributed by atoms with Crippen molar-refractivity contribution in [3.05, 3.63) is 71.6 Å². The fourth-order valence-electron chi connectivity index (χ4n) is 2.38. The summed E-state index contributed by atoms with van der Waals surface area (Å²) in [4.78, 5) is 12.4. The van der Waals surface area contributed by atoms with Crippen molar-refractivity contribution in [2.45, 2.75) is 4.21 Å². The summed E-state index contributed by atoms with van der Waals surface area (Å²) in [5, 5.41) is 4.50. The molecule has 0 fully saturated rings. The molecule has 27 heavy (non-hydrogen) atoms. The number of thiophene rings is 1. The molecule has 0 unspecified atom stereocenters. The number of amides is 1. The van der Waals surface area contributed by atoms with E-state index in [0.717, 1.165) is 11.3 Å². The highest BCUT2D eigenvalue weighted by molar-refractivity contribution is 7.94. The number of carbonyl (C=O) groups is 1. The van der Waals surface area contributed by atoms with Crippen LogP contribution in [0.25, 0.3) is 0 Å². The van der Waals surface area contributed by atoms with E-state index in [-0.39, 0.29) is 10.1 Å². The first-order chi connectivity index (χ1) is 12.9. The number of methoxy groups -OCH3 is 1. The molecule has 140 valence electrons. The molecule has 0 aliphatic carbocycles. The van der Waals surface area contributed by atoms with Gasteiger partial charge < -0.3 is 10.1 Å². The topological polar surface area (TPSA) is 75.7 Å². The quantitative estimate of drug-likeness (QED) is 0.680. The molecule has 1 aromatic heterocycles. The molecule has 2 aromatic carbocycles. The number of nitrogens with one attached hydrogen (secondary N) is 1. The van der Waals surface area contributed by atoms with Crippen LogP contribution in [0.1, 0.15) is 10.4 Å². The van der Waals surface area contributed by atoms with E-state index in [2.05, 4.69) is 5.32 Å². The molecule has 0 saturated carbocycles. The lowest BCUT2D eigenvalue weighted by atomic mass is 10.2. The molecule has 0 bridgehead atoms. The minimum atomic E-state index is -3.60.